The number of methoxy groups -OCH3 is 1. The van der Waals surface area contributed by atoms with E-state index >= 15 is 0 Å². The molecule has 3 aromatic rings. The van der Waals surface area contributed by atoms with Crippen LogP contribution >= 0.6 is 11.3 Å². The van der Waals surface area contributed by atoms with Crippen LogP contribution in [-0.2, 0) is 0 Å². The van der Waals surface area contributed by atoms with Crippen LogP contribution in [0, 0.1) is 20.8 Å². The van der Waals surface area contributed by atoms with Gasteiger partial charge in [0.2, 0.25) is 0 Å². The van der Waals surface area contributed by atoms with Gasteiger partial charge in [-0.3, -0.25) is 9.69 Å². The van der Waals surface area contributed by atoms with Crippen molar-refractivity contribution in [1.82, 2.24) is 20.2 Å². The van der Waals surface area contributed by atoms with E-state index < -0.39 is 0 Å². The minimum absolute atomic E-state index is 0.0624. The van der Waals surface area contributed by atoms with Crippen LogP contribution in [0.4, 0.5) is 0 Å². The van der Waals surface area contributed by atoms with Gasteiger partial charge >= 0.3 is 0 Å². The van der Waals surface area contributed by atoms with Crippen molar-refractivity contribution in [2.75, 3.05) is 26.7 Å². The maximum Gasteiger partial charge on any atom is 0.261 e. The number of rotatable bonds is 8. The van der Waals surface area contributed by atoms with Gasteiger partial charge in [0.15, 0.2) is 0 Å². The third-order valence-corrected chi connectivity index (χ3v) is 6.66. The predicted octanol–water partition coefficient (Wildman–Crippen LogP) is 4.44. The molecule has 0 radical (unpaired) electrons. The molecule has 0 bridgehead atoms. The highest BCUT2D eigenvalue weighted by atomic mass is 32.1. The standard InChI is InChI=1S/C23H30N4O2S/c1-7-27(8-2)19(17-10-9-11-18(12-17)29-6)13-24-22(28)21-14(3)20-15(4)25-16(5)26-23(20)30-21/h9-12,19H,7-8,13H2,1-6H3,(H,24,28). The summed E-state index contributed by atoms with van der Waals surface area (Å²) in [5, 5.41) is 4.15. The van der Waals surface area contributed by atoms with E-state index in [1.54, 1.807) is 7.11 Å². The van der Waals surface area contributed by atoms with E-state index in [2.05, 4.69) is 40.1 Å². The van der Waals surface area contributed by atoms with Gasteiger partial charge < -0.3 is 10.1 Å². The Balaban J connectivity index is 1.86. The number of amides is 1. The Hall–Kier alpha value is -2.51. The Labute approximate surface area is 182 Å². The molecule has 0 aliphatic heterocycles. The van der Waals surface area contributed by atoms with Crippen molar-refractivity contribution in [3.05, 3.63) is 51.8 Å². The van der Waals surface area contributed by atoms with Gasteiger partial charge in [-0.1, -0.05) is 26.0 Å². The zero-order chi connectivity index (χ0) is 21.8. The molecule has 6 nitrogen and oxygen atoms in total. The first-order valence-electron chi connectivity index (χ1n) is 10.3. The molecule has 1 N–H and O–H groups in total. The number of ether oxygens (including phenoxy) is 1. The van der Waals surface area contributed by atoms with Crippen molar-refractivity contribution in [2.24, 2.45) is 0 Å². The van der Waals surface area contributed by atoms with Crippen LogP contribution in [0.15, 0.2) is 24.3 Å². The monoisotopic (exact) mass is 426 g/mol. The van der Waals surface area contributed by atoms with Crippen LogP contribution in [0.1, 0.15) is 52.2 Å². The number of benzene rings is 1. The third-order valence-electron chi connectivity index (χ3n) is 5.48. The third kappa shape index (κ3) is 4.47. The van der Waals surface area contributed by atoms with Crippen LogP contribution in [0.25, 0.3) is 10.2 Å². The molecule has 1 atom stereocenters. The molecule has 0 aliphatic rings. The zero-order valence-corrected chi connectivity index (χ0v) is 19.4. The largest absolute Gasteiger partial charge is 0.497 e. The topological polar surface area (TPSA) is 67.4 Å². The van der Waals surface area contributed by atoms with Crippen LogP contribution in [0.2, 0.25) is 0 Å². The summed E-state index contributed by atoms with van der Waals surface area (Å²) in [6, 6.07) is 8.13. The molecule has 160 valence electrons. The number of aryl methyl sites for hydroxylation is 3. The molecule has 0 saturated carbocycles. The number of thiophene rings is 1. The normalized spacial score (nSPS) is 12.4. The number of carbonyl (C=O) groups is 1. The molecule has 7 heteroatoms. The highest BCUT2D eigenvalue weighted by Gasteiger charge is 2.22. The summed E-state index contributed by atoms with van der Waals surface area (Å²) in [6.45, 7) is 12.4. The summed E-state index contributed by atoms with van der Waals surface area (Å²) < 4.78 is 5.40. The van der Waals surface area contributed by atoms with Crippen molar-refractivity contribution in [3.8, 4) is 5.75 Å². The lowest BCUT2D eigenvalue weighted by molar-refractivity contribution is 0.0938. The predicted molar refractivity (Wildman–Crippen MR) is 123 cm³/mol. The van der Waals surface area contributed by atoms with E-state index in [4.69, 9.17) is 4.74 Å². The van der Waals surface area contributed by atoms with Gasteiger partial charge in [-0.25, -0.2) is 9.97 Å². The number of hydrogen-bond donors (Lipinski definition) is 1. The number of hydrogen-bond acceptors (Lipinski definition) is 6. The molecular formula is C23H30N4O2S. The minimum Gasteiger partial charge on any atom is -0.497 e. The second-order valence-electron chi connectivity index (χ2n) is 7.32. The number of likely N-dealkylation sites (N-methyl/N-ethyl adjacent to an activating group) is 1. The number of carbonyl (C=O) groups excluding carboxylic acids is 1. The number of aromatic nitrogens is 2. The summed E-state index contributed by atoms with van der Waals surface area (Å²) in [6.07, 6.45) is 0. The number of nitrogens with zero attached hydrogens (tertiary/aromatic N) is 3. The van der Waals surface area contributed by atoms with Crippen molar-refractivity contribution in [1.29, 1.82) is 0 Å². The summed E-state index contributed by atoms with van der Waals surface area (Å²) >= 11 is 1.44. The molecule has 1 amide bonds. The van der Waals surface area contributed by atoms with Crippen LogP contribution in [0.3, 0.4) is 0 Å². The molecule has 0 aliphatic carbocycles. The Kier molecular flexibility index (Phi) is 7.05. The van der Waals surface area contributed by atoms with E-state index in [1.807, 2.05) is 39.0 Å². The second kappa shape index (κ2) is 9.53. The van der Waals surface area contributed by atoms with Crippen molar-refractivity contribution in [3.63, 3.8) is 0 Å². The highest BCUT2D eigenvalue weighted by Crippen LogP contribution is 2.31. The quantitative estimate of drug-likeness (QED) is 0.577. The van der Waals surface area contributed by atoms with Gasteiger partial charge in [0.1, 0.15) is 16.4 Å². The summed E-state index contributed by atoms with van der Waals surface area (Å²) in [4.78, 5) is 26.0. The van der Waals surface area contributed by atoms with E-state index in [9.17, 15) is 4.79 Å². The second-order valence-corrected chi connectivity index (χ2v) is 8.32. The summed E-state index contributed by atoms with van der Waals surface area (Å²) in [5.74, 6) is 1.49. The Morgan fingerprint density at radius 2 is 1.93 bits per heavy atom. The van der Waals surface area contributed by atoms with Crippen molar-refractivity contribution >= 4 is 27.5 Å². The molecule has 2 aromatic heterocycles. The van der Waals surface area contributed by atoms with Gasteiger partial charge in [-0.2, -0.15) is 0 Å². The molecule has 3 rings (SSSR count). The number of fused-ring (bicyclic) bond motifs is 1. The maximum absolute atomic E-state index is 13.1. The Morgan fingerprint density at radius 1 is 1.20 bits per heavy atom. The fourth-order valence-corrected chi connectivity index (χ4v) is 5.12. The van der Waals surface area contributed by atoms with E-state index in [0.29, 0.717) is 11.4 Å². The minimum atomic E-state index is -0.0624. The molecule has 1 unspecified atom stereocenters. The van der Waals surface area contributed by atoms with Crippen molar-refractivity contribution < 1.29 is 9.53 Å². The van der Waals surface area contributed by atoms with Crippen LogP contribution < -0.4 is 10.1 Å². The lowest BCUT2D eigenvalue weighted by atomic mass is 10.0. The lowest BCUT2D eigenvalue weighted by Gasteiger charge is -2.30. The average molecular weight is 427 g/mol. The van der Waals surface area contributed by atoms with Crippen LogP contribution in [0.5, 0.6) is 5.75 Å². The molecule has 0 saturated heterocycles. The Morgan fingerprint density at radius 3 is 2.60 bits per heavy atom. The average Bonchev–Trinajstić information content (AvgIpc) is 3.07. The van der Waals surface area contributed by atoms with Crippen LogP contribution in [-0.4, -0.2) is 47.5 Å². The maximum atomic E-state index is 13.1. The first-order chi connectivity index (χ1) is 14.4. The van der Waals surface area contributed by atoms with Gasteiger partial charge in [-0.15, -0.1) is 11.3 Å². The summed E-state index contributed by atoms with van der Waals surface area (Å²) in [7, 11) is 1.67. The fraction of sp³-hybridized carbons (Fsp3) is 0.435. The van der Waals surface area contributed by atoms with E-state index in [0.717, 1.165) is 51.7 Å². The summed E-state index contributed by atoms with van der Waals surface area (Å²) in [5.41, 5.74) is 3.00. The van der Waals surface area contributed by atoms with Gasteiger partial charge in [0, 0.05) is 17.6 Å². The lowest BCUT2D eigenvalue weighted by Crippen LogP contribution is -2.38. The number of nitrogens with one attached hydrogen (secondary N) is 1. The van der Waals surface area contributed by atoms with Gasteiger partial charge in [0.25, 0.3) is 5.91 Å². The van der Waals surface area contributed by atoms with E-state index in [1.165, 1.54) is 11.3 Å². The Bertz CT molecular complexity index is 1040. The molecule has 30 heavy (non-hydrogen) atoms. The highest BCUT2D eigenvalue weighted by molar-refractivity contribution is 7.20. The van der Waals surface area contributed by atoms with E-state index in [-0.39, 0.29) is 11.9 Å². The van der Waals surface area contributed by atoms with Gasteiger partial charge in [-0.05, 0) is 57.1 Å². The SMILES string of the molecule is CCN(CC)C(CNC(=O)c1sc2nc(C)nc(C)c2c1C)c1cccc(OC)c1. The molecular weight excluding hydrogens is 396 g/mol. The zero-order valence-electron chi connectivity index (χ0n) is 18.6. The smallest absolute Gasteiger partial charge is 0.261 e. The molecule has 1 aromatic carbocycles. The molecule has 0 fully saturated rings. The van der Waals surface area contributed by atoms with Crippen molar-refractivity contribution in [2.45, 2.75) is 40.7 Å². The molecule has 2 heterocycles. The molecule has 0 spiro atoms. The fourth-order valence-electron chi connectivity index (χ4n) is 3.93. The van der Waals surface area contributed by atoms with Gasteiger partial charge in [0.05, 0.1) is 18.0 Å². The first kappa shape index (κ1) is 22.2. The first-order valence-corrected chi connectivity index (χ1v) is 11.1.